The maximum absolute atomic E-state index is 13.2. The lowest BCUT2D eigenvalue weighted by Gasteiger charge is -2.31. The highest BCUT2D eigenvalue weighted by molar-refractivity contribution is 5.87. The maximum atomic E-state index is 13.2. The molecule has 2 aromatic carbocycles. The Bertz CT molecular complexity index is 905. The zero-order chi connectivity index (χ0) is 22.4. The summed E-state index contributed by atoms with van der Waals surface area (Å²) in [5.74, 6) is 1.26. The fourth-order valence-electron chi connectivity index (χ4n) is 3.54. The third kappa shape index (κ3) is 6.48. The van der Waals surface area contributed by atoms with E-state index in [2.05, 4.69) is 5.32 Å². The predicted molar refractivity (Wildman–Crippen MR) is 120 cm³/mol. The highest BCUT2D eigenvalue weighted by Crippen LogP contribution is 2.32. The molecule has 1 aliphatic rings. The Hall–Kier alpha value is -3.02. The molecule has 0 saturated heterocycles. The third-order valence-corrected chi connectivity index (χ3v) is 5.21. The molecule has 1 N–H and O–H groups in total. The van der Waals surface area contributed by atoms with Gasteiger partial charge in [0.25, 0.3) is 0 Å². The number of nitrogens with one attached hydrogen (secondary N) is 1. The van der Waals surface area contributed by atoms with Crippen molar-refractivity contribution in [3.63, 3.8) is 0 Å². The fraction of sp³-hybridized carbons (Fsp3) is 0.440. The summed E-state index contributed by atoms with van der Waals surface area (Å²) in [6.07, 6.45) is 1.59. The molecule has 6 heteroatoms. The molecule has 3 rings (SSSR count). The van der Waals surface area contributed by atoms with Crippen molar-refractivity contribution in [1.82, 2.24) is 10.2 Å². The van der Waals surface area contributed by atoms with Gasteiger partial charge in [0.2, 0.25) is 18.6 Å². The Morgan fingerprint density at radius 1 is 1.00 bits per heavy atom. The molecule has 0 fully saturated rings. The number of aryl methyl sites for hydroxylation is 1. The van der Waals surface area contributed by atoms with Crippen molar-refractivity contribution in [3.05, 3.63) is 59.7 Å². The van der Waals surface area contributed by atoms with E-state index < -0.39 is 6.04 Å². The van der Waals surface area contributed by atoms with E-state index in [9.17, 15) is 9.59 Å². The van der Waals surface area contributed by atoms with Crippen LogP contribution in [0.3, 0.4) is 0 Å². The van der Waals surface area contributed by atoms with Crippen molar-refractivity contribution in [1.29, 1.82) is 0 Å². The zero-order valence-electron chi connectivity index (χ0n) is 18.8. The summed E-state index contributed by atoms with van der Waals surface area (Å²) in [6.45, 7) is 8.33. The van der Waals surface area contributed by atoms with Crippen LogP contribution in [0.4, 0.5) is 0 Å². The molecular weight excluding hydrogens is 392 g/mol. The van der Waals surface area contributed by atoms with Crippen molar-refractivity contribution in [3.8, 4) is 11.5 Å². The van der Waals surface area contributed by atoms with E-state index in [1.807, 2.05) is 69.3 Å². The average molecular weight is 425 g/mol. The van der Waals surface area contributed by atoms with Gasteiger partial charge in [0.15, 0.2) is 11.5 Å². The van der Waals surface area contributed by atoms with Crippen LogP contribution in [-0.2, 0) is 22.4 Å². The number of hydrogen-bond donors (Lipinski definition) is 1. The van der Waals surface area contributed by atoms with Gasteiger partial charge in [0.1, 0.15) is 6.04 Å². The Morgan fingerprint density at radius 2 is 1.71 bits per heavy atom. The number of fused-ring (bicyclic) bond motifs is 1. The number of benzene rings is 2. The van der Waals surface area contributed by atoms with Gasteiger partial charge in [-0.05, 0) is 63.8 Å². The van der Waals surface area contributed by atoms with Gasteiger partial charge in [-0.3, -0.25) is 9.59 Å². The molecule has 2 amide bonds. The van der Waals surface area contributed by atoms with Gasteiger partial charge >= 0.3 is 0 Å². The molecule has 2 aromatic rings. The van der Waals surface area contributed by atoms with E-state index in [-0.39, 0.29) is 24.1 Å². The van der Waals surface area contributed by atoms with Gasteiger partial charge in [-0.2, -0.15) is 0 Å². The Balaban J connectivity index is 1.67. The summed E-state index contributed by atoms with van der Waals surface area (Å²) >= 11 is 0. The first kappa shape index (κ1) is 22.7. The lowest BCUT2D eigenvalue weighted by molar-refractivity contribution is -0.140. The number of rotatable bonds is 8. The van der Waals surface area contributed by atoms with Gasteiger partial charge in [-0.1, -0.05) is 36.4 Å². The van der Waals surface area contributed by atoms with Crippen molar-refractivity contribution in [2.24, 2.45) is 0 Å². The van der Waals surface area contributed by atoms with Crippen LogP contribution in [0.5, 0.6) is 11.5 Å². The van der Waals surface area contributed by atoms with Gasteiger partial charge in [0.05, 0.1) is 0 Å². The van der Waals surface area contributed by atoms with Crippen LogP contribution in [0, 0.1) is 0 Å². The third-order valence-electron chi connectivity index (χ3n) is 5.21. The number of ether oxygens (including phenoxy) is 2. The van der Waals surface area contributed by atoms with E-state index >= 15 is 0 Å². The number of amides is 2. The molecule has 0 bridgehead atoms. The van der Waals surface area contributed by atoms with E-state index in [1.54, 1.807) is 11.8 Å². The number of carbonyl (C=O) groups is 2. The van der Waals surface area contributed by atoms with Crippen LogP contribution in [0.15, 0.2) is 48.5 Å². The summed E-state index contributed by atoms with van der Waals surface area (Å²) in [7, 11) is 0. The van der Waals surface area contributed by atoms with Crippen LogP contribution in [0.2, 0.25) is 0 Å². The SMILES string of the molecule is C[C@H](C(=O)NC(C)(C)C)N(CCc1ccccc1)C(=O)CCc1ccc2c(c1)OCO2. The summed E-state index contributed by atoms with van der Waals surface area (Å²) in [4.78, 5) is 27.7. The second-order valence-electron chi connectivity index (χ2n) is 8.93. The molecule has 166 valence electrons. The maximum Gasteiger partial charge on any atom is 0.242 e. The molecule has 0 saturated carbocycles. The van der Waals surface area contributed by atoms with E-state index in [1.165, 1.54) is 0 Å². The van der Waals surface area contributed by atoms with E-state index in [4.69, 9.17) is 9.47 Å². The van der Waals surface area contributed by atoms with Gasteiger partial charge in [-0.15, -0.1) is 0 Å². The van der Waals surface area contributed by atoms with Crippen LogP contribution in [0.25, 0.3) is 0 Å². The minimum Gasteiger partial charge on any atom is -0.454 e. The predicted octanol–water partition coefficient (Wildman–Crippen LogP) is 3.72. The lowest BCUT2D eigenvalue weighted by Crippen LogP contribution is -2.53. The first-order valence-corrected chi connectivity index (χ1v) is 10.8. The Kier molecular flexibility index (Phi) is 7.21. The normalized spacial score (nSPS) is 13.5. The fourth-order valence-corrected chi connectivity index (χ4v) is 3.54. The largest absolute Gasteiger partial charge is 0.454 e. The molecule has 0 unspecified atom stereocenters. The minimum absolute atomic E-state index is 0.0369. The molecule has 0 radical (unpaired) electrons. The van der Waals surface area contributed by atoms with E-state index in [0.717, 1.165) is 16.9 Å². The lowest BCUT2D eigenvalue weighted by atomic mass is 10.1. The second-order valence-corrected chi connectivity index (χ2v) is 8.93. The monoisotopic (exact) mass is 424 g/mol. The van der Waals surface area contributed by atoms with Crippen molar-refractivity contribution in [2.75, 3.05) is 13.3 Å². The summed E-state index contributed by atoms with van der Waals surface area (Å²) in [5.41, 5.74) is 1.79. The molecular formula is C25H32N2O4. The second kappa shape index (κ2) is 9.86. The van der Waals surface area contributed by atoms with Crippen molar-refractivity contribution in [2.45, 2.75) is 58.5 Å². The van der Waals surface area contributed by atoms with Crippen LogP contribution >= 0.6 is 0 Å². The highest BCUT2D eigenvalue weighted by Gasteiger charge is 2.28. The Morgan fingerprint density at radius 3 is 2.42 bits per heavy atom. The molecule has 6 nitrogen and oxygen atoms in total. The topological polar surface area (TPSA) is 67.9 Å². The molecule has 1 aliphatic heterocycles. The van der Waals surface area contributed by atoms with Gasteiger partial charge in [0, 0.05) is 18.5 Å². The highest BCUT2D eigenvalue weighted by atomic mass is 16.7. The molecule has 1 atom stereocenters. The number of carbonyl (C=O) groups excluding carboxylic acids is 2. The number of hydrogen-bond acceptors (Lipinski definition) is 4. The zero-order valence-corrected chi connectivity index (χ0v) is 18.8. The standard InChI is InChI=1S/C25H32N2O4/c1-18(24(29)26-25(2,3)4)27(15-14-19-8-6-5-7-9-19)23(28)13-11-20-10-12-21-22(16-20)31-17-30-21/h5-10,12,16,18H,11,13-15,17H2,1-4H3,(H,26,29)/t18-/m1/s1. The van der Waals surface area contributed by atoms with Crippen LogP contribution in [0.1, 0.15) is 45.2 Å². The molecule has 0 aromatic heterocycles. The van der Waals surface area contributed by atoms with Crippen molar-refractivity contribution < 1.29 is 19.1 Å². The van der Waals surface area contributed by atoms with Gasteiger partial charge < -0.3 is 19.7 Å². The Labute approximate surface area is 184 Å². The first-order chi connectivity index (χ1) is 14.7. The quantitative estimate of drug-likeness (QED) is 0.701. The first-order valence-electron chi connectivity index (χ1n) is 10.8. The molecule has 31 heavy (non-hydrogen) atoms. The van der Waals surface area contributed by atoms with Crippen LogP contribution < -0.4 is 14.8 Å². The summed E-state index contributed by atoms with van der Waals surface area (Å²) in [6, 6.07) is 15.2. The summed E-state index contributed by atoms with van der Waals surface area (Å²) in [5, 5.41) is 2.99. The van der Waals surface area contributed by atoms with Crippen molar-refractivity contribution >= 4 is 11.8 Å². The summed E-state index contributed by atoms with van der Waals surface area (Å²) < 4.78 is 10.8. The smallest absolute Gasteiger partial charge is 0.242 e. The van der Waals surface area contributed by atoms with E-state index in [0.29, 0.717) is 31.6 Å². The average Bonchev–Trinajstić information content (AvgIpc) is 3.19. The van der Waals surface area contributed by atoms with Gasteiger partial charge in [-0.25, -0.2) is 0 Å². The minimum atomic E-state index is -0.549. The van der Waals surface area contributed by atoms with Crippen LogP contribution in [-0.4, -0.2) is 41.6 Å². The molecule has 0 aliphatic carbocycles. The molecule has 0 spiro atoms. The number of nitrogens with zero attached hydrogens (tertiary/aromatic N) is 1. The molecule has 1 heterocycles.